The smallest absolute Gasteiger partial charge is 0.326 e. The highest BCUT2D eigenvalue weighted by atomic mass is 33.1. The van der Waals surface area contributed by atoms with Gasteiger partial charge in [0.05, 0.1) is 5.92 Å². The second-order valence-corrected chi connectivity index (χ2v) is 6.67. The fraction of sp³-hybridized carbons (Fsp3) is 0.700. The number of nitrogens with two attached hydrogens (primary N) is 2. The number of rotatable bonds is 7. The van der Waals surface area contributed by atoms with Crippen molar-refractivity contribution in [2.45, 2.75) is 18.9 Å². The first-order valence-electron chi connectivity index (χ1n) is 5.83. The molecule has 6 N–H and O–H groups in total. The molecule has 0 bridgehead atoms. The lowest BCUT2D eigenvalue weighted by molar-refractivity contribution is -0.142. The molecule has 9 heteroatoms. The van der Waals surface area contributed by atoms with Crippen molar-refractivity contribution in [2.24, 2.45) is 22.4 Å². The van der Waals surface area contributed by atoms with E-state index in [1.165, 1.54) is 0 Å². The molecule has 19 heavy (non-hydrogen) atoms. The Morgan fingerprint density at radius 3 is 2.53 bits per heavy atom. The average Bonchev–Trinajstić information content (AvgIpc) is 2.85. The lowest BCUT2D eigenvalue weighted by atomic mass is 10.1. The fourth-order valence-corrected chi connectivity index (χ4v) is 4.28. The number of aliphatic imine (C=N–C) groups is 1. The number of nitrogens with one attached hydrogen (secondary N) is 1. The van der Waals surface area contributed by atoms with Gasteiger partial charge in [-0.15, -0.1) is 0 Å². The van der Waals surface area contributed by atoms with Crippen molar-refractivity contribution in [3.63, 3.8) is 0 Å². The molecule has 1 fully saturated rings. The maximum atomic E-state index is 11.8. The summed E-state index contributed by atoms with van der Waals surface area (Å²) < 4.78 is 0. The third-order valence-electron chi connectivity index (χ3n) is 2.55. The van der Waals surface area contributed by atoms with Crippen LogP contribution in [-0.2, 0) is 9.59 Å². The number of amides is 1. The molecule has 1 aliphatic heterocycles. The quantitative estimate of drug-likeness (QED) is 0.218. The fourth-order valence-electron chi connectivity index (χ4n) is 1.51. The predicted octanol–water partition coefficient (Wildman–Crippen LogP) is -0.379. The number of guanidine groups is 1. The largest absolute Gasteiger partial charge is 0.480 e. The molecule has 0 spiro atoms. The number of hydrogen-bond donors (Lipinski definition) is 4. The summed E-state index contributed by atoms with van der Waals surface area (Å²) >= 11 is 0. The summed E-state index contributed by atoms with van der Waals surface area (Å²) in [6.45, 7) is 0.358. The lowest BCUT2D eigenvalue weighted by Gasteiger charge is -2.16. The van der Waals surface area contributed by atoms with Gasteiger partial charge in [0.15, 0.2) is 5.96 Å². The third kappa shape index (κ3) is 6.06. The summed E-state index contributed by atoms with van der Waals surface area (Å²) in [7, 11) is 3.27. The van der Waals surface area contributed by atoms with Crippen LogP contribution in [0.3, 0.4) is 0 Å². The number of carbonyl (C=O) groups is 2. The number of aliphatic carboxylic acids is 1. The van der Waals surface area contributed by atoms with E-state index in [0.717, 1.165) is 11.5 Å². The molecule has 1 amide bonds. The molecule has 0 radical (unpaired) electrons. The van der Waals surface area contributed by atoms with Gasteiger partial charge in [-0.25, -0.2) is 4.79 Å². The zero-order chi connectivity index (χ0) is 14.3. The third-order valence-corrected chi connectivity index (χ3v) is 5.11. The number of nitrogens with zero attached hydrogens (tertiary/aromatic N) is 1. The standard InChI is InChI=1S/C10H18N4O3S2/c11-10(12)13-3-1-2-7(9(16)17)14-8(15)6-4-18-19-5-6/h6-7H,1-5H2,(H,14,15)(H,16,17)(H4,11,12,13). The Balaban J connectivity index is 2.37. The molecule has 1 heterocycles. The van der Waals surface area contributed by atoms with E-state index in [2.05, 4.69) is 10.3 Å². The van der Waals surface area contributed by atoms with Gasteiger partial charge in [-0.1, -0.05) is 21.6 Å². The van der Waals surface area contributed by atoms with Crippen molar-refractivity contribution in [1.29, 1.82) is 0 Å². The van der Waals surface area contributed by atoms with E-state index in [9.17, 15) is 9.59 Å². The molecule has 0 aromatic carbocycles. The van der Waals surface area contributed by atoms with Crippen LogP contribution in [0.2, 0.25) is 0 Å². The van der Waals surface area contributed by atoms with Crippen LogP contribution in [-0.4, -0.2) is 47.0 Å². The van der Waals surface area contributed by atoms with Crippen LogP contribution in [0.5, 0.6) is 0 Å². The molecule has 108 valence electrons. The summed E-state index contributed by atoms with van der Waals surface area (Å²) in [5.74, 6) is 0.127. The SMILES string of the molecule is NC(N)=NCCCC(NC(=O)C1CSSC1)C(=O)O. The number of carboxylic acids is 1. The van der Waals surface area contributed by atoms with E-state index < -0.39 is 12.0 Å². The van der Waals surface area contributed by atoms with Crippen LogP contribution in [0.1, 0.15) is 12.8 Å². The number of carbonyl (C=O) groups excluding carboxylic acids is 1. The van der Waals surface area contributed by atoms with Gasteiger partial charge in [0.25, 0.3) is 0 Å². The normalized spacial score (nSPS) is 16.8. The Hall–Kier alpha value is -1.09. The summed E-state index contributed by atoms with van der Waals surface area (Å²) in [5.41, 5.74) is 10.3. The van der Waals surface area contributed by atoms with E-state index in [0.29, 0.717) is 19.4 Å². The van der Waals surface area contributed by atoms with Crippen molar-refractivity contribution in [3.8, 4) is 0 Å². The van der Waals surface area contributed by atoms with Crippen LogP contribution in [0.4, 0.5) is 0 Å². The van der Waals surface area contributed by atoms with E-state index in [1.807, 2.05) is 0 Å². The first-order chi connectivity index (χ1) is 9.00. The van der Waals surface area contributed by atoms with E-state index >= 15 is 0 Å². The summed E-state index contributed by atoms with van der Waals surface area (Å²) in [5, 5.41) is 11.6. The number of hydrogen-bond acceptors (Lipinski definition) is 5. The highest BCUT2D eigenvalue weighted by Crippen LogP contribution is 2.34. The molecule has 1 atom stereocenters. The van der Waals surface area contributed by atoms with Gasteiger partial charge < -0.3 is 21.9 Å². The molecule has 1 unspecified atom stereocenters. The first-order valence-corrected chi connectivity index (χ1v) is 8.32. The Labute approximate surface area is 119 Å². The average molecular weight is 306 g/mol. The van der Waals surface area contributed by atoms with Crippen LogP contribution >= 0.6 is 21.6 Å². The summed E-state index contributed by atoms with van der Waals surface area (Å²) in [6, 6.07) is -0.878. The maximum Gasteiger partial charge on any atom is 0.326 e. The monoisotopic (exact) mass is 306 g/mol. The Bertz CT molecular complexity index is 355. The summed E-state index contributed by atoms with van der Waals surface area (Å²) in [6.07, 6.45) is 0.814. The Kier molecular flexibility index (Phi) is 6.85. The van der Waals surface area contributed by atoms with E-state index in [4.69, 9.17) is 16.6 Å². The Morgan fingerprint density at radius 1 is 1.37 bits per heavy atom. The van der Waals surface area contributed by atoms with Gasteiger partial charge >= 0.3 is 5.97 Å². The van der Waals surface area contributed by atoms with Crippen molar-refractivity contribution in [2.75, 3.05) is 18.1 Å². The minimum Gasteiger partial charge on any atom is -0.480 e. The topological polar surface area (TPSA) is 131 Å². The van der Waals surface area contributed by atoms with Gasteiger partial charge in [0, 0.05) is 18.1 Å². The van der Waals surface area contributed by atoms with Gasteiger partial charge in [-0.2, -0.15) is 0 Å². The molecule has 1 aliphatic rings. The molecule has 0 aromatic heterocycles. The molecule has 0 aromatic rings. The highest BCUT2D eigenvalue weighted by molar-refractivity contribution is 8.77. The second-order valence-electron chi connectivity index (χ2n) is 4.11. The van der Waals surface area contributed by atoms with E-state index in [-0.39, 0.29) is 17.8 Å². The van der Waals surface area contributed by atoms with Crippen LogP contribution in [0.25, 0.3) is 0 Å². The molecule has 1 saturated heterocycles. The lowest BCUT2D eigenvalue weighted by Crippen LogP contribution is -2.44. The molecule has 7 nitrogen and oxygen atoms in total. The molecular weight excluding hydrogens is 288 g/mol. The van der Waals surface area contributed by atoms with Gasteiger partial charge in [0.2, 0.25) is 5.91 Å². The zero-order valence-corrected chi connectivity index (χ0v) is 12.0. The summed E-state index contributed by atoms with van der Waals surface area (Å²) in [4.78, 5) is 26.7. The van der Waals surface area contributed by atoms with Crippen molar-refractivity contribution < 1.29 is 14.7 Å². The van der Waals surface area contributed by atoms with E-state index in [1.54, 1.807) is 21.6 Å². The van der Waals surface area contributed by atoms with Crippen molar-refractivity contribution >= 4 is 39.4 Å². The van der Waals surface area contributed by atoms with Crippen molar-refractivity contribution in [1.82, 2.24) is 5.32 Å². The van der Waals surface area contributed by atoms with Gasteiger partial charge in [-0.05, 0) is 12.8 Å². The Morgan fingerprint density at radius 2 is 2.00 bits per heavy atom. The minimum absolute atomic E-state index is 0.0177. The molecule has 1 rings (SSSR count). The van der Waals surface area contributed by atoms with Crippen molar-refractivity contribution in [3.05, 3.63) is 0 Å². The van der Waals surface area contributed by atoms with Crippen LogP contribution in [0.15, 0.2) is 4.99 Å². The first kappa shape index (κ1) is 16.0. The van der Waals surface area contributed by atoms with Crippen LogP contribution < -0.4 is 16.8 Å². The van der Waals surface area contributed by atoms with Crippen LogP contribution in [0, 0.1) is 5.92 Å². The zero-order valence-electron chi connectivity index (χ0n) is 10.4. The number of carboxylic acid groups (broad SMARTS) is 1. The molecule has 0 saturated carbocycles. The minimum atomic E-state index is -1.03. The maximum absolute atomic E-state index is 11.8. The second kappa shape index (κ2) is 8.16. The van der Waals surface area contributed by atoms with Gasteiger partial charge in [-0.3, -0.25) is 9.79 Å². The van der Waals surface area contributed by atoms with Gasteiger partial charge in [0.1, 0.15) is 6.04 Å². The highest BCUT2D eigenvalue weighted by Gasteiger charge is 2.27. The molecule has 0 aliphatic carbocycles. The predicted molar refractivity (Wildman–Crippen MR) is 77.9 cm³/mol. The molecular formula is C10H18N4O3S2.